The van der Waals surface area contributed by atoms with Crippen molar-refractivity contribution in [1.29, 1.82) is 0 Å². The summed E-state index contributed by atoms with van der Waals surface area (Å²) in [5.41, 5.74) is 1.79. The van der Waals surface area contributed by atoms with Crippen molar-refractivity contribution in [3.63, 3.8) is 0 Å². The number of rotatable bonds is 12. The number of amides is 3. The Kier molecular flexibility index (Phi) is 15.3. The van der Waals surface area contributed by atoms with Gasteiger partial charge in [-0.15, -0.1) is 0 Å². The van der Waals surface area contributed by atoms with Crippen LogP contribution in [-0.2, 0) is 20.8 Å². The summed E-state index contributed by atoms with van der Waals surface area (Å²) in [6.07, 6.45) is -3.83. The van der Waals surface area contributed by atoms with E-state index >= 15 is 0 Å². The Morgan fingerprint density at radius 2 is 1.36 bits per heavy atom. The van der Waals surface area contributed by atoms with E-state index in [4.69, 9.17) is 20.4 Å². The van der Waals surface area contributed by atoms with E-state index in [2.05, 4.69) is 10.2 Å². The SMILES string of the molecule is C[C@H](NC(=O)N(CCSC(=O)c1ccccc1)CCc1ccccc1)C(=O)N1CCN(C)CC1.O=C(O)C(O)C(O)C(=O)O. The average molecular weight is 633 g/mol. The van der Waals surface area contributed by atoms with E-state index in [1.54, 1.807) is 24.0 Å². The Hall–Kier alpha value is -3.98. The van der Waals surface area contributed by atoms with Crippen molar-refractivity contribution < 1.29 is 44.4 Å². The third-order valence-corrected chi connectivity index (χ3v) is 7.62. The minimum absolute atomic E-state index is 0.0115. The summed E-state index contributed by atoms with van der Waals surface area (Å²) in [5, 5.41) is 35.4. The Labute approximate surface area is 260 Å². The Bertz CT molecular complexity index is 1210. The molecule has 0 aromatic heterocycles. The Balaban J connectivity index is 0.000000580. The zero-order valence-corrected chi connectivity index (χ0v) is 25.6. The van der Waals surface area contributed by atoms with Crippen LogP contribution in [-0.4, -0.2) is 134 Å². The van der Waals surface area contributed by atoms with Gasteiger partial charge in [-0.2, -0.15) is 0 Å². The van der Waals surface area contributed by atoms with Crippen LogP contribution < -0.4 is 5.32 Å². The number of carbonyl (C=O) groups excluding carboxylic acids is 3. The zero-order valence-electron chi connectivity index (χ0n) is 24.7. The van der Waals surface area contributed by atoms with Gasteiger partial charge in [0.15, 0.2) is 12.2 Å². The summed E-state index contributed by atoms with van der Waals surface area (Å²) >= 11 is 1.20. The highest BCUT2D eigenvalue weighted by atomic mass is 32.2. The molecule has 2 unspecified atom stereocenters. The van der Waals surface area contributed by atoms with E-state index in [1.165, 1.54) is 11.8 Å². The topological polar surface area (TPSA) is 188 Å². The smallest absolute Gasteiger partial charge is 0.335 e. The maximum atomic E-state index is 13.1. The van der Waals surface area contributed by atoms with E-state index in [0.29, 0.717) is 43.9 Å². The van der Waals surface area contributed by atoms with Crippen LogP contribution in [0.5, 0.6) is 0 Å². The number of carbonyl (C=O) groups is 5. The number of aliphatic hydroxyl groups excluding tert-OH is 2. The first-order chi connectivity index (χ1) is 20.9. The number of hydrogen-bond acceptors (Lipinski definition) is 9. The van der Waals surface area contributed by atoms with Crippen molar-refractivity contribution in [3.05, 3.63) is 71.8 Å². The van der Waals surface area contributed by atoms with Crippen molar-refractivity contribution in [2.75, 3.05) is 52.1 Å². The molecule has 1 fully saturated rings. The third kappa shape index (κ3) is 12.3. The van der Waals surface area contributed by atoms with Crippen molar-refractivity contribution in [1.82, 2.24) is 20.0 Å². The van der Waals surface area contributed by atoms with Gasteiger partial charge in [-0.1, -0.05) is 72.4 Å². The van der Waals surface area contributed by atoms with Crippen molar-refractivity contribution >= 4 is 40.8 Å². The monoisotopic (exact) mass is 632 g/mol. The van der Waals surface area contributed by atoms with Gasteiger partial charge in [0.25, 0.3) is 0 Å². The second-order valence-corrected chi connectivity index (χ2v) is 11.2. The summed E-state index contributed by atoms with van der Waals surface area (Å²) in [5.74, 6) is -3.11. The highest BCUT2D eigenvalue weighted by molar-refractivity contribution is 8.14. The first-order valence-electron chi connectivity index (χ1n) is 14.0. The van der Waals surface area contributed by atoms with Gasteiger partial charge in [0.2, 0.25) is 11.0 Å². The molecule has 3 rings (SSSR count). The van der Waals surface area contributed by atoms with Gasteiger partial charge in [0.1, 0.15) is 6.04 Å². The minimum Gasteiger partial charge on any atom is -0.479 e. The van der Waals surface area contributed by atoms with Crippen LogP contribution in [0.15, 0.2) is 60.7 Å². The summed E-state index contributed by atoms with van der Waals surface area (Å²) in [7, 11) is 2.04. The van der Waals surface area contributed by atoms with Crippen LogP contribution in [0.2, 0.25) is 0 Å². The second-order valence-electron chi connectivity index (χ2n) is 10.1. The van der Waals surface area contributed by atoms with Gasteiger partial charge in [0, 0.05) is 50.6 Å². The number of piperazine rings is 1. The third-order valence-electron chi connectivity index (χ3n) is 6.73. The molecule has 0 bridgehead atoms. The van der Waals surface area contributed by atoms with Crippen LogP contribution in [0, 0.1) is 0 Å². The van der Waals surface area contributed by atoms with Gasteiger partial charge >= 0.3 is 18.0 Å². The van der Waals surface area contributed by atoms with Crippen LogP contribution in [0.3, 0.4) is 0 Å². The minimum atomic E-state index is -2.27. The molecule has 3 amide bonds. The number of aliphatic hydroxyl groups is 2. The van der Waals surface area contributed by atoms with E-state index in [0.717, 1.165) is 18.7 Å². The molecule has 13 nitrogen and oxygen atoms in total. The van der Waals surface area contributed by atoms with Crippen molar-refractivity contribution in [3.8, 4) is 0 Å². The Morgan fingerprint density at radius 1 is 0.841 bits per heavy atom. The summed E-state index contributed by atoms with van der Waals surface area (Å²) < 4.78 is 0. The molecule has 0 radical (unpaired) electrons. The molecule has 0 aliphatic carbocycles. The van der Waals surface area contributed by atoms with Crippen LogP contribution in [0.4, 0.5) is 4.79 Å². The van der Waals surface area contributed by atoms with Crippen molar-refractivity contribution in [2.45, 2.75) is 31.6 Å². The number of benzene rings is 2. The molecule has 1 saturated heterocycles. The molecule has 0 saturated carbocycles. The second kappa shape index (κ2) is 18.6. The molecule has 3 atom stereocenters. The number of urea groups is 1. The fourth-order valence-electron chi connectivity index (χ4n) is 4.04. The lowest BCUT2D eigenvalue weighted by Gasteiger charge is -2.34. The number of hydrogen-bond donors (Lipinski definition) is 5. The first kappa shape index (κ1) is 36.2. The van der Waals surface area contributed by atoms with E-state index in [-0.39, 0.29) is 17.1 Å². The number of nitrogens with zero attached hydrogens (tertiary/aromatic N) is 3. The molecule has 44 heavy (non-hydrogen) atoms. The molecule has 1 aliphatic heterocycles. The van der Waals surface area contributed by atoms with E-state index in [9.17, 15) is 24.0 Å². The molecular formula is C30H40N4O9S. The van der Waals surface area contributed by atoms with Crippen LogP contribution in [0.1, 0.15) is 22.8 Å². The first-order valence-corrected chi connectivity index (χ1v) is 15.0. The van der Waals surface area contributed by atoms with Gasteiger partial charge < -0.3 is 40.4 Å². The summed E-state index contributed by atoms with van der Waals surface area (Å²) in [6.45, 7) is 5.67. The van der Waals surface area contributed by atoms with Gasteiger partial charge in [0.05, 0.1) is 0 Å². The molecule has 1 aliphatic rings. The average Bonchev–Trinajstić information content (AvgIpc) is 3.02. The summed E-state index contributed by atoms with van der Waals surface area (Å²) in [4.78, 5) is 63.6. The molecule has 240 valence electrons. The van der Waals surface area contributed by atoms with E-state index in [1.807, 2.05) is 60.5 Å². The number of carboxylic acid groups (broad SMARTS) is 2. The Morgan fingerprint density at radius 3 is 1.89 bits per heavy atom. The van der Waals surface area contributed by atoms with Gasteiger partial charge in [-0.25, -0.2) is 14.4 Å². The molecule has 2 aromatic carbocycles. The van der Waals surface area contributed by atoms with Crippen LogP contribution in [0.25, 0.3) is 0 Å². The fraction of sp³-hybridized carbons (Fsp3) is 0.433. The predicted molar refractivity (Wildman–Crippen MR) is 164 cm³/mol. The molecule has 1 heterocycles. The zero-order chi connectivity index (χ0) is 32.6. The van der Waals surface area contributed by atoms with Crippen LogP contribution >= 0.6 is 11.8 Å². The lowest BCUT2D eigenvalue weighted by Crippen LogP contribution is -2.55. The molecule has 0 spiro atoms. The number of nitrogens with one attached hydrogen (secondary N) is 1. The molecular weight excluding hydrogens is 592 g/mol. The predicted octanol–water partition coefficient (Wildman–Crippen LogP) is 0.854. The van der Waals surface area contributed by atoms with Crippen molar-refractivity contribution in [2.24, 2.45) is 0 Å². The number of carboxylic acids is 2. The fourth-order valence-corrected chi connectivity index (χ4v) is 4.84. The van der Waals surface area contributed by atoms with E-state index < -0.39 is 30.2 Å². The molecule has 5 N–H and O–H groups in total. The quantitative estimate of drug-likeness (QED) is 0.223. The lowest BCUT2D eigenvalue weighted by molar-refractivity contribution is -0.165. The standard InChI is InChI=1S/C26H34N4O3S.C4H6O6/c1-21(24(31)29-17-15-28(2)16-18-29)27-26(33)30(14-13-22-9-5-3-6-10-22)19-20-34-25(32)23-11-7-4-8-12-23;5-1(3(7)8)2(6)4(9)10/h3-12,21H,13-20H2,1-2H3,(H,27,33);1-2,5-6H,(H,7,8)(H,9,10)/t21-;/m0./s1. The maximum absolute atomic E-state index is 13.1. The maximum Gasteiger partial charge on any atom is 0.335 e. The largest absolute Gasteiger partial charge is 0.479 e. The normalized spacial score (nSPS) is 15.1. The highest BCUT2D eigenvalue weighted by Gasteiger charge is 2.29. The number of thioether (sulfide) groups is 1. The number of likely N-dealkylation sites (N-methyl/N-ethyl adjacent to an activating group) is 1. The summed E-state index contributed by atoms with van der Waals surface area (Å²) in [6, 6.07) is 18.2. The molecule has 14 heteroatoms. The molecule has 2 aromatic rings. The van der Waals surface area contributed by atoms with Gasteiger partial charge in [-0.3, -0.25) is 9.59 Å². The van der Waals surface area contributed by atoms with Gasteiger partial charge in [-0.05, 0) is 26.0 Å². The number of aliphatic carboxylic acids is 2. The lowest BCUT2D eigenvalue weighted by atomic mass is 10.1. The highest BCUT2D eigenvalue weighted by Crippen LogP contribution is 2.13.